The lowest BCUT2D eigenvalue weighted by atomic mass is 10.2. The molecule has 0 fully saturated rings. The average Bonchev–Trinajstić information content (AvgIpc) is 2.69. The van der Waals surface area contributed by atoms with E-state index >= 15 is 0 Å². The number of ether oxygens (including phenoxy) is 2. The molecule has 0 N–H and O–H groups in total. The van der Waals surface area contributed by atoms with E-state index in [1.807, 2.05) is 46.1 Å². The molecule has 0 amide bonds. The Morgan fingerprint density at radius 1 is 0.769 bits per heavy atom. The molecule has 0 aliphatic rings. The highest BCUT2D eigenvalue weighted by Crippen LogP contribution is 2.02. The maximum absolute atomic E-state index is 11.5. The number of aromatic nitrogens is 2. The Bertz CT molecular complexity index is 683. The summed E-state index contributed by atoms with van der Waals surface area (Å²) in [6.07, 6.45) is 11.9. The Kier molecular flexibility index (Phi) is 7.74. The predicted octanol–water partition coefficient (Wildman–Crippen LogP) is 2.10. The van der Waals surface area contributed by atoms with E-state index in [1.54, 1.807) is 12.1 Å². The molecule has 0 radical (unpaired) electrons. The van der Waals surface area contributed by atoms with Crippen molar-refractivity contribution in [2.45, 2.75) is 38.8 Å². The highest BCUT2D eigenvalue weighted by atomic mass is 16.5. The van der Waals surface area contributed by atoms with Crippen LogP contribution in [-0.2, 0) is 22.6 Å². The van der Waals surface area contributed by atoms with Gasteiger partial charge in [0.25, 0.3) is 0 Å². The van der Waals surface area contributed by atoms with E-state index in [0.29, 0.717) is 11.1 Å². The quantitative estimate of drug-likeness (QED) is 0.391. The fraction of sp³-hybridized carbons (Fsp3) is 0.400. The number of carbonyl (C=O) groups is 2. The third-order valence-corrected chi connectivity index (χ3v) is 4.14. The molecule has 0 spiro atoms. The van der Waals surface area contributed by atoms with Gasteiger partial charge in [-0.1, -0.05) is 0 Å². The maximum atomic E-state index is 11.5. The summed E-state index contributed by atoms with van der Waals surface area (Å²) in [4.78, 5) is 23.1. The van der Waals surface area contributed by atoms with E-state index in [-0.39, 0.29) is 11.9 Å². The molecule has 6 heteroatoms. The SMILES string of the molecule is COC(=O)c1ccc[n+](CCCCCC[n+]2cccc(C(=O)OC)c2)c1. The lowest BCUT2D eigenvalue weighted by molar-refractivity contribution is -0.699. The van der Waals surface area contributed by atoms with Crippen LogP contribution in [0.2, 0.25) is 0 Å². The summed E-state index contributed by atoms with van der Waals surface area (Å²) in [7, 11) is 2.77. The Balaban J connectivity index is 1.70. The molecular formula is C20H26N2O4+2. The number of pyridine rings is 2. The highest BCUT2D eigenvalue weighted by Gasteiger charge is 2.11. The van der Waals surface area contributed by atoms with Crippen LogP contribution in [0, 0.1) is 0 Å². The zero-order chi connectivity index (χ0) is 18.8. The van der Waals surface area contributed by atoms with E-state index in [2.05, 4.69) is 0 Å². The van der Waals surface area contributed by atoms with Crippen molar-refractivity contribution in [1.82, 2.24) is 0 Å². The first kappa shape index (κ1) is 19.6. The molecule has 2 rings (SSSR count). The molecule has 0 atom stereocenters. The fourth-order valence-electron chi connectivity index (χ4n) is 2.74. The molecular weight excluding hydrogens is 332 g/mol. The zero-order valence-electron chi connectivity index (χ0n) is 15.4. The Hall–Kier alpha value is -2.76. The lowest BCUT2D eigenvalue weighted by Gasteiger charge is -2.01. The van der Waals surface area contributed by atoms with Crippen LogP contribution in [0.25, 0.3) is 0 Å². The molecule has 0 unspecified atom stereocenters. The van der Waals surface area contributed by atoms with Crippen LogP contribution < -0.4 is 9.13 Å². The van der Waals surface area contributed by atoms with Crippen LogP contribution in [0.15, 0.2) is 49.1 Å². The van der Waals surface area contributed by atoms with Gasteiger partial charge in [-0.05, 0) is 25.0 Å². The van der Waals surface area contributed by atoms with Gasteiger partial charge >= 0.3 is 11.9 Å². The smallest absolute Gasteiger partial charge is 0.343 e. The van der Waals surface area contributed by atoms with Crippen LogP contribution in [0.4, 0.5) is 0 Å². The van der Waals surface area contributed by atoms with Gasteiger partial charge in [0, 0.05) is 25.0 Å². The number of nitrogens with zero attached hydrogens (tertiary/aromatic N) is 2. The van der Waals surface area contributed by atoms with Gasteiger partial charge < -0.3 is 9.47 Å². The number of aryl methyl sites for hydroxylation is 2. The summed E-state index contributed by atoms with van der Waals surface area (Å²) in [5, 5.41) is 0. The van der Waals surface area contributed by atoms with E-state index in [1.165, 1.54) is 14.2 Å². The third kappa shape index (κ3) is 5.95. The highest BCUT2D eigenvalue weighted by molar-refractivity contribution is 5.88. The van der Waals surface area contributed by atoms with Gasteiger partial charge in [0.05, 0.1) is 14.2 Å². The number of hydrogen-bond acceptors (Lipinski definition) is 4. The standard InChI is InChI=1S/C20H26N2O4/c1-25-19(23)17-9-7-13-21(15-17)11-5-3-4-6-12-22-14-8-10-18(16-22)20(24)26-2/h7-10,13-16H,3-6,11-12H2,1-2H3/q+2. The molecule has 6 nitrogen and oxygen atoms in total. The number of rotatable bonds is 9. The number of methoxy groups -OCH3 is 2. The second-order valence-electron chi connectivity index (χ2n) is 6.06. The number of hydrogen-bond donors (Lipinski definition) is 0. The van der Waals surface area contributed by atoms with Crippen molar-refractivity contribution in [2.75, 3.05) is 14.2 Å². The van der Waals surface area contributed by atoms with Crippen LogP contribution in [0.3, 0.4) is 0 Å². The minimum Gasteiger partial charge on any atom is -0.465 e. The average molecular weight is 358 g/mol. The molecule has 0 saturated heterocycles. The summed E-state index contributed by atoms with van der Waals surface area (Å²) < 4.78 is 13.5. The summed E-state index contributed by atoms with van der Waals surface area (Å²) in [5.41, 5.74) is 1.13. The van der Waals surface area contributed by atoms with E-state index in [9.17, 15) is 9.59 Å². The minimum atomic E-state index is -0.314. The molecule has 138 valence electrons. The minimum absolute atomic E-state index is 0.314. The topological polar surface area (TPSA) is 60.4 Å². The Morgan fingerprint density at radius 3 is 1.58 bits per heavy atom. The summed E-state index contributed by atoms with van der Waals surface area (Å²) in [6, 6.07) is 7.22. The Labute approximate surface area is 154 Å². The molecule has 2 aromatic heterocycles. The van der Waals surface area contributed by atoms with Gasteiger partial charge in [-0.25, -0.2) is 18.7 Å². The van der Waals surface area contributed by atoms with Crippen molar-refractivity contribution in [2.24, 2.45) is 0 Å². The monoisotopic (exact) mass is 358 g/mol. The molecule has 26 heavy (non-hydrogen) atoms. The van der Waals surface area contributed by atoms with Gasteiger partial charge in [-0.2, -0.15) is 0 Å². The van der Waals surface area contributed by atoms with Crippen LogP contribution in [0.1, 0.15) is 46.4 Å². The van der Waals surface area contributed by atoms with Gasteiger partial charge in [0.2, 0.25) is 0 Å². The second kappa shape index (κ2) is 10.3. The largest absolute Gasteiger partial charge is 0.465 e. The lowest BCUT2D eigenvalue weighted by Crippen LogP contribution is -2.34. The molecule has 2 aromatic rings. The molecule has 0 aromatic carbocycles. The predicted molar refractivity (Wildman–Crippen MR) is 94.4 cm³/mol. The molecule has 0 saturated carbocycles. The van der Waals surface area contributed by atoms with Gasteiger partial charge in [0.15, 0.2) is 24.8 Å². The van der Waals surface area contributed by atoms with Crippen molar-refractivity contribution in [1.29, 1.82) is 0 Å². The van der Waals surface area contributed by atoms with Crippen molar-refractivity contribution in [3.8, 4) is 0 Å². The number of esters is 2. The van der Waals surface area contributed by atoms with Gasteiger partial charge in [0.1, 0.15) is 24.2 Å². The number of carbonyl (C=O) groups excluding carboxylic acids is 2. The van der Waals surface area contributed by atoms with Gasteiger partial charge in [-0.3, -0.25) is 0 Å². The first-order valence-electron chi connectivity index (χ1n) is 8.79. The normalized spacial score (nSPS) is 10.4. The van der Waals surface area contributed by atoms with Crippen molar-refractivity contribution in [3.63, 3.8) is 0 Å². The van der Waals surface area contributed by atoms with E-state index < -0.39 is 0 Å². The Morgan fingerprint density at radius 2 is 1.19 bits per heavy atom. The van der Waals surface area contributed by atoms with Crippen molar-refractivity contribution in [3.05, 3.63) is 60.2 Å². The second-order valence-corrected chi connectivity index (χ2v) is 6.06. The third-order valence-electron chi connectivity index (χ3n) is 4.14. The van der Waals surface area contributed by atoms with Crippen LogP contribution in [-0.4, -0.2) is 26.2 Å². The summed E-state index contributed by atoms with van der Waals surface area (Å²) in [5.74, 6) is -0.629. The van der Waals surface area contributed by atoms with Crippen LogP contribution in [0.5, 0.6) is 0 Å². The van der Waals surface area contributed by atoms with Crippen molar-refractivity contribution >= 4 is 11.9 Å². The zero-order valence-corrected chi connectivity index (χ0v) is 15.4. The molecule has 0 aliphatic heterocycles. The van der Waals surface area contributed by atoms with E-state index in [0.717, 1.165) is 38.8 Å². The van der Waals surface area contributed by atoms with Crippen LogP contribution >= 0.6 is 0 Å². The molecule has 0 bridgehead atoms. The summed E-state index contributed by atoms with van der Waals surface area (Å²) >= 11 is 0. The van der Waals surface area contributed by atoms with Crippen molar-refractivity contribution < 1.29 is 28.2 Å². The first-order chi connectivity index (χ1) is 12.6. The fourth-order valence-corrected chi connectivity index (χ4v) is 2.74. The number of unbranched alkanes of at least 4 members (excludes halogenated alkanes) is 3. The van der Waals surface area contributed by atoms with E-state index in [4.69, 9.17) is 9.47 Å². The molecule has 0 aliphatic carbocycles. The molecule has 2 heterocycles. The first-order valence-corrected chi connectivity index (χ1v) is 8.79. The summed E-state index contributed by atoms with van der Waals surface area (Å²) in [6.45, 7) is 1.74. The van der Waals surface area contributed by atoms with Gasteiger partial charge in [-0.15, -0.1) is 0 Å². The maximum Gasteiger partial charge on any atom is 0.343 e.